The van der Waals surface area contributed by atoms with Crippen molar-refractivity contribution in [1.29, 1.82) is 0 Å². The van der Waals surface area contributed by atoms with Crippen LogP contribution in [-0.4, -0.2) is 43.8 Å². The monoisotopic (exact) mass is 352 g/mol. The third kappa shape index (κ3) is 3.98. The van der Waals surface area contributed by atoms with Gasteiger partial charge in [-0.2, -0.15) is 0 Å². The molecule has 1 aliphatic carbocycles. The lowest BCUT2D eigenvalue weighted by atomic mass is 10.0. The van der Waals surface area contributed by atoms with E-state index in [1.54, 1.807) is 24.8 Å². The minimum Gasteiger partial charge on any atom is -0.342 e. The van der Waals surface area contributed by atoms with Crippen molar-refractivity contribution < 1.29 is 4.79 Å². The lowest BCUT2D eigenvalue weighted by molar-refractivity contribution is -0.131. The van der Waals surface area contributed by atoms with Crippen LogP contribution in [0.25, 0.3) is 0 Å². The number of nitrogens with one attached hydrogen (secondary N) is 1. The SMILES string of the molecule is O=C(CC1CCCC1)N1CC[C@@H](c2ccnc(Nc3cnccn3)n2)C1. The molecule has 7 heteroatoms. The normalized spacial score (nSPS) is 20.5. The molecule has 0 radical (unpaired) electrons. The van der Waals surface area contributed by atoms with Gasteiger partial charge in [0.05, 0.1) is 11.9 Å². The molecule has 1 N–H and O–H groups in total. The molecule has 2 fully saturated rings. The molecular formula is C19H24N6O. The van der Waals surface area contributed by atoms with Crippen LogP contribution in [0.15, 0.2) is 30.9 Å². The van der Waals surface area contributed by atoms with Crippen molar-refractivity contribution in [3.63, 3.8) is 0 Å². The molecule has 1 saturated heterocycles. The maximum atomic E-state index is 12.6. The van der Waals surface area contributed by atoms with Gasteiger partial charge in [0.15, 0.2) is 5.82 Å². The number of aromatic nitrogens is 4. The van der Waals surface area contributed by atoms with Crippen molar-refractivity contribution in [3.05, 3.63) is 36.5 Å². The molecule has 4 rings (SSSR count). The highest BCUT2D eigenvalue weighted by molar-refractivity contribution is 5.76. The quantitative estimate of drug-likeness (QED) is 0.891. The number of likely N-dealkylation sites (tertiary alicyclic amines) is 1. The first-order chi connectivity index (χ1) is 12.8. The molecule has 2 aromatic heterocycles. The third-order valence-electron chi connectivity index (χ3n) is 5.38. The van der Waals surface area contributed by atoms with Crippen LogP contribution in [-0.2, 0) is 4.79 Å². The molecule has 136 valence electrons. The Labute approximate surface area is 153 Å². The van der Waals surface area contributed by atoms with E-state index in [2.05, 4.69) is 25.3 Å². The molecule has 0 unspecified atom stereocenters. The van der Waals surface area contributed by atoms with Gasteiger partial charge in [0, 0.05) is 44.0 Å². The summed E-state index contributed by atoms with van der Waals surface area (Å²) in [5.41, 5.74) is 0.975. The van der Waals surface area contributed by atoms with Gasteiger partial charge in [0.25, 0.3) is 0 Å². The first-order valence-corrected chi connectivity index (χ1v) is 9.41. The lowest BCUT2D eigenvalue weighted by Crippen LogP contribution is -2.29. The third-order valence-corrected chi connectivity index (χ3v) is 5.38. The van der Waals surface area contributed by atoms with Gasteiger partial charge in [-0.15, -0.1) is 0 Å². The zero-order valence-corrected chi connectivity index (χ0v) is 14.8. The Morgan fingerprint density at radius 2 is 2.04 bits per heavy atom. The van der Waals surface area contributed by atoms with E-state index in [1.807, 2.05) is 11.0 Å². The molecule has 3 heterocycles. The highest BCUT2D eigenvalue weighted by Gasteiger charge is 2.30. The van der Waals surface area contributed by atoms with Crippen LogP contribution in [0.4, 0.5) is 11.8 Å². The molecule has 0 aromatic carbocycles. The fraction of sp³-hybridized carbons (Fsp3) is 0.526. The average Bonchev–Trinajstić information content (AvgIpc) is 3.35. The number of hydrogen-bond acceptors (Lipinski definition) is 6. The van der Waals surface area contributed by atoms with Gasteiger partial charge >= 0.3 is 0 Å². The van der Waals surface area contributed by atoms with Crippen molar-refractivity contribution in [2.24, 2.45) is 5.92 Å². The number of carbonyl (C=O) groups excluding carboxylic acids is 1. The summed E-state index contributed by atoms with van der Waals surface area (Å²) in [6, 6.07) is 1.94. The average molecular weight is 352 g/mol. The zero-order chi connectivity index (χ0) is 17.8. The Hall–Kier alpha value is -2.57. The molecule has 1 amide bonds. The first kappa shape index (κ1) is 16.9. The van der Waals surface area contributed by atoms with Crippen molar-refractivity contribution in [1.82, 2.24) is 24.8 Å². The minimum atomic E-state index is 0.271. The molecule has 0 bridgehead atoms. The summed E-state index contributed by atoms with van der Waals surface area (Å²) in [5, 5.41) is 3.07. The lowest BCUT2D eigenvalue weighted by Gasteiger charge is -2.18. The fourth-order valence-electron chi connectivity index (χ4n) is 3.96. The van der Waals surface area contributed by atoms with E-state index < -0.39 is 0 Å². The summed E-state index contributed by atoms with van der Waals surface area (Å²) in [7, 11) is 0. The van der Waals surface area contributed by atoms with E-state index in [0.29, 0.717) is 23.6 Å². The van der Waals surface area contributed by atoms with Crippen molar-refractivity contribution in [2.75, 3.05) is 18.4 Å². The molecule has 1 atom stereocenters. The standard InChI is InChI=1S/C19H24N6O/c26-18(11-14-3-1-2-4-14)25-10-6-15(13-25)16-5-7-22-19(23-16)24-17-12-20-8-9-21-17/h5,7-9,12,14-15H,1-4,6,10-11,13H2,(H,21,22,23,24)/t15-/m1/s1. The van der Waals surface area contributed by atoms with Gasteiger partial charge in [-0.05, 0) is 31.2 Å². The summed E-state index contributed by atoms with van der Waals surface area (Å²) >= 11 is 0. The highest BCUT2D eigenvalue weighted by atomic mass is 16.2. The second-order valence-electron chi connectivity index (χ2n) is 7.20. The molecule has 26 heavy (non-hydrogen) atoms. The molecule has 2 aromatic rings. The second kappa shape index (κ2) is 7.76. The van der Waals surface area contributed by atoms with Crippen LogP contribution in [0.1, 0.15) is 50.1 Å². The maximum Gasteiger partial charge on any atom is 0.228 e. The maximum absolute atomic E-state index is 12.6. The second-order valence-corrected chi connectivity index (χ2v) is 7.20. The molecular weight excluding hydrogens is 328 g/mol. The molecule has 1 aliphatic heterocycles. The zero-order valence-electron chi connectivity index (χ0n) is 14.8. The highest BCUT2D eigenvalue weighted by Crippen LogP contribution is 2.31. The molecule has 7 nitrogen and oxygen atoms in total. The van der Waals surface area contributed by atoms with E-state index in [9.17, 15) is 4.79 Å². The van der Waals surface area contributed by atoms with E-state index >= 15 is 0 Å². The van der Waals surface area contributed by atoms with Crippen LogP contribution in [0.5, 0.6) is 0 Å². The van der Waals surface area contributed by atoms with Crippen molar-refractivity contribution >= 4 is 17.7 Å². The van der Waals surface area contributed by atoms with E-state index in [0.717, 1.165) is 31.6 Å². The van der Waals surface area contributed by atoms with Gasteiger partial charge < -0.3 is 10.2 Å². The van der Waals surface area contributed by atoms with Crippen LogP contribution in [0, 0.1) is 5.92 Å². The Balaban J connectivity index is 1.37. The molecule has 1 saturated carbocycles. The van der Waals surface area contributed by atoms with Gasteiger partial charge in [-0.3, -0.25) is 9.78 Å². The molecule has 2 aliphatic rings. The van der Waals surface area contributed by atoms with E-state index in [4.69, 9.17) is 0 Å². The number of carbonyl (C=O) groups is 1. The summed E-state index contributed by atoms with van der Waals surface area (Å²) in [5.74, 6) is 2.31. The first-order valence-electron chi connectivity index (χ1n) is 9.41. The van der Waals surface area contributed by atoms with Gasteiger partial charge in [0.2, 0.25) is 11.9 Å². The van der Waals surface area contributed by atoms with E-state index in [1.165, 1.54) is 25.7 Å². The van der Waals surface area contributed by atoms with Crippen molar-refractivity contribution in [3.8, 4) is 0 Å². The smallest absolute Gasteiger partial charge is 0.228 e. The van der Waals surface area contributed by atoms with Crippen LogP contribution < -0.4 is 5.32 Å². The van der Waals surface area contributed by atoms with Crippen LogP contribution in [0.2, 0.25) is 0 Å². The number of nitrogens with zero attached hydrogens (tertiary/aromatic N) is 5. The number of rotatable bonds is 5. The molecule has 0 spiro atoms. The summed E-state index contributed by atoms with van der Waals surface area (Å²) in [4.78, 5) is 31.6. The summed E-state index contributed by atoms with van der Waals surface area (Å²) < 4.78 is 0. The van der Waals surface area contributed by atoms with Gasteiger partial charge in [0.1, 0.15) is 0 Å². The number of amides is 1. The predicted octanol–water partition coefficient (Wildman–Crippen LogP) is 2.91. The largest absolute Gasteiger partial charge is 0.342 e. The Bertz CT molecular complexity index is 747. The Kier molecular flexibility index (Phi) is 5.04. The topological polar surface area (TPSA) is 83.9 Å². The van der Waals surface area contributed by atoms with Gasteiger partial charge in [-0.25, -0.2) is 15.0 Å². The predicted molar refractivity (Wildman–Crippen MR) is 97.9 cm³/mol. The van der Waals surface area contributed by atoms with Gasteiger partial charge in [-0.1, -0.05) is 12.8 Å². The summed E-state index contributed by atoms with van der Waals surface area (Å²) in [6.45, 7) is 1.58. The van der Waals surface area contributed by atoms with Crippen molar-refractivity contribution in [2.45, 2.75) is 44.4 Å². The minimum absolute atomic E-state index is 0.271. The number of hydrogen-bond donors (Lipinski definition) is 1. The van der Waals surface area contributed by atoms with Crippen LogP contribution >= 0.6 is 0 Å². The number of anilines is 2. The van der Waals surface area contributed by atoms with E-state index in [-0.39, 0.29) is 5.92 Å². The fourth-order valence-corrected chi connectivity index (χ4v) is 3.96. The Morgan fingerprint density at radius 3 is 2.85 bits per heavy atom. The Morgan fingerprint density at radius 1 is 1.15 bits per heavy atom. The summed E-state index contributed by atoms with van der Waals surface area (Å²) in [6.07, 6.45) is 13.3. The van der Waals surface area contributed by atoms with Crippen LogP contribution in [0.3, 0.4) is 0 Å².